The number of ether oxygens (including phenoxy) is 1. The van der Waals surface area contributed by atoms with Crippen LogP contribution in [0.25, 0.3) is 10.8 Å². The van der Waals surface area contributed by atoms with Gasteiger partial charge in [-0.2, -0.15) is 0 Å². The van der Waals surface area contributed by atoms with Crippen molar-refractivity contribution in [2.75, 3.05) is 7.11 Å². The van der Waals surface area contributed by atoms with Crippen LogP contribution in [0.3, 0.4) is 0 Å². The molecule has 2 nitrogen and oxygen atoms in total. The first kappa shape index (κ1) is 14.3. The Morgan fingerprint density at radius 3 is 2.27 bits per heavy atom. The molecular formula is C20H18O2. The van der Waals surface area contributed by atoms with E-state index in [1.54, 1.807) is 0 Å². The normalized spacial score (nSPS) is 12.0. The number of hydrogen-bond donors (Lipinski definition) is 0. The Morgan fingerprint density at radius 2 is 1.55 bits per heavy atom. The molecule has 2 heteroatoms. The van der Waals surface area contributed by atoms with Crippen molar-refractivity contribution in [1.29, 1.82) is 0 Å². The lowest BCUT2D eigenvalue weighted by Gasteiger charge is -2.17. The van der Waals surface area contributed by atoms with Crippen molar-refractivity contribution in [2.24, 2.45) is 0 Å². The fourth-order valence-electron chi connectivity index (χ4n) is 2.79. The first-order chi connectivity index (χ1) is 10.8. The summed E-state index contributed by atoms with van der Waals surface area (Å²) in [5, 5.41) is 2.39. The highest BCUT2D eigenvalue weighted by Gasteiger charge is 2.18. The van der Waals surface area contributed by atoms with Crippen molar-refractivity contribution in [3.05, 3.63) is 83.9 Å². The molecule has 110 valence electrons. The van der Waals surface area contributed by atoms with E-state index in [4.69, 9.17) is 4.74 Å². The van der Waals surface area contributed by atoms with Crippen LogP contribution in [0, 0.1) is 0 Å². The van der Waals surface area contributed by atoms with Gasteiger partial charge < -0.3 is 4.74 Å². The largest absolute Gasteiger partial charge is 0.469 e. The van der Waals surface area contributed by atoms with E-state index in [9.17, 15) is 4.79 Å². The van der Waals surface area contributed by atoms with Crippen LogP contribution >= 0.6 is 0 Å². The molecule has 1 atom stereocenters. The van der Waals surface area contributed by atoms with Crippen molar-refractivity contribution in [1.82, 2.24) is 0 Å². The molecule has 0 saturated carbocycles. The fraction of sp³-hybridized carbons (Fsp3) is 0.150. The van der Waals surface area contributed by atoms with E-state index in [2.05, 4.69) is 42.5 Å². The van der Waals surface area contributed by atoms with Crippen molar-refractivity contribution in [3.63, 3.8) is 0 Å². The van der Waals surface area contributed by atoms with Gasteiger partial charge in [-0.25, -0.2) is 0 Å². The summed E-state index contributed by atoms with van der Waals surface area (Å²) >= 11 is 0. The molecule has 0 spiro atoms. The van der Waals surface area contributed by atoms with Gasteiger partial charge in [0.25, 0.3) is 0 Å². The highest BCUT2D eigenvalue weighted by molar-refractivity contribution is 5.83. The quantitative estimate of drug-likeness (QED) is 0.660. The van der Waals surface area contributed by atoms with Gasteiger partial charge in [0.15, 0.2) is 0 Å². The summed E-state index contributed by atoms with van der Waals surface area (Å²) in [6.07, 6.45) is 0.346. The number of rotatable bonds is 4. The summed E-state index contributed by atoms with van der Waals surface area (Å²) in [5.41, 5.74) is 2.26. The second-order valence-corrected chi connectivity index (χ2v) is 5.35. The smallest absolute Gasteiger partial charge is 0.306 e. The predicted octanol–water partition coefficient (Wildman–Crippen LogP) is 4.53. The number of hydrogen-bond acceptors (Lipinski definition) is 2. The average molecular weight is 290 g/mol. The Balaban J connectivity index is 2.04. The molecule has 0 N–H and O–H groups in total. The molecule has 0 aliphatic heterocycles. The SMILES string of the molecule is COC(=O)CC(c1ccccc1)c1ccc2ccccc2c1. The molecule has 3 aromatic carbocycles. The van der Waals surface area contributed by atoms with Crippen LogP contribution in [0.2, 0.25) is 0 Å². The third-order valence-electron chi connectivity index (χ3n) is 3.98. The number of fused-ring (bicyclic) bond motifs is 1. The lowest BCUT2D eigenvalue weighted by molar-refractivity contribution is -0.140. The fourth-order valence-corrected chi connectivity index (χ4v) is 2.79. The van der Waals surface area contributed by atoms with Gasteiger partial charge >= 0.3 is 5.97 Å². The van der Waals surface area contributed by atoms with E-state index >= 15 is 0 Å². The van der Waals surface area contributed by atoms with Crippen molar-refractivity contribution < 1.29 is 9.53 Å². The molecule has 0 radical (unpaired) electrons. The molecular weight excluding hydrogens is 272 g/mol. The maximum Gasteiger partial charge on any atom is 0.306 e. The Kier molecular flexibility index (Phi) is 4.19. The first-order valence-electron chi connectivity index (χ1n) is 7.38. The van der Waals surface area contributed by atoms with Crippen LogP contribution in [0.1, 0.15) is 23.5 Å². The number of methoxy groups -OCH3 is 1. The van der Waals surface area contributed by atoms with Gasteiger partial charge in [-0.05, 0) is 21.9 Å². The average Bonchev–Trinajstić information content (AvgIpc) is 2.59. The lowest BCUT2D eigenvalue weighted by Crippen LogP contribution is -2.10. The second-order valence-electron chi connectivity index (χ2n) is 5.35. The van der Waals surface area contributed by atoms with Gasteiger partial charge in [0, 0.05) is 5.92 Å². The van der Waals surface area contributed by atoms with Gasteiger partial charge in [-0.3, -0.25) is 4.79 Å². The topological polar surface area (TPSA) is 26.3 Å². The van der Waals surface area contributed by atoms with Crippen LogP contribution in [-0.2, 0) is 9.53 Å². The van der Waals surface area contributed by atoms with E-state index in [1.807, 2.05) is 30.3 Å². The van der Waals surface area contributed by atoms with Crippen LogP contribution in [0.4, 0.5) is 0 Å². The minimum Gasteiger partial charge on any atom is -0.469 e. The molecule has 22 heavy (non-hydrogen) atoms. The van der Waals surface area contributed by atoms with Crippen molar-refractivity contribution in [2.45, 2.75) is 12.3 Å². The Morgan fingerprint density at radius 1 is 0.864 bits per heavy atom. The molecule has 0 fully saturated rings. The zero-order valence-electron chi connectivity index (χ0n) is 12.5. The van der Waals surface area contributed by atoms with Gasteiger partial charge in [0.05, 0.1) is 13.5 Å². The van der Waals surface area contributed by atoms with Crippen LogP contribution in [-0.4, -0.2) is 13.1 Å². The van der Waals surface area contributed by atoms with Gasteiger partial charge in [-0.1, -0.05) is 72.8 Å². The van der Waals surface area contributed by atoms with Crippen LogP contribution < -0.4 is 0 Å². The van der Waals surface area contributed by atoms with E-state index in [0.717, 1.165) is 11.1 Å². The van der Waals surface area contributed by atoms with Crippen molar-refractivity contribution in [3.8, 4) is 0 Å². The molecule has 0 saturated heterocycles. The van der Waals surface area contributed by atoms with E-state index in [0.29, 0.717) is 6.42 Å². The summed E-state index contributed by atoms with van der Waals surface area (Å²) in [7, 11) is 1.44. The summed E-state index contributed by atoms with van der Waals surface area (Å²) in [5.74, 6) is -0.180. The van der Waals surface area contributed by atoms with E-state index in [-0.39, 0.29) is 11.9 Å². The molecule has 0 amide bonds. The maximum atomic E-state index is 11.8. The third kappa shape index (κ3) is 3.01. The highest BCUT2D eigenvalue weighted by Crippen LogP contribution is 2.30. The standard InChI is InChI=1S/C20H18O2/c1-22-20(21)14-19(16-8-3-2-4-9-16)18-12-11-15-7-5-6-10-17(15)13-18/h2-13,19H,14H2,1H3. The first-order valence-corrected chi connectivity index (χ1v) is 7.38. The minimum absolute atomic E-state index is 0.0123. The van der Waals surface area contributed by atoms with Gasteiger partial charge in [-0.15, -0.1) is 0 Å². The molecule has 0 bridgehead atoms. The molecule has 1 unspecified atom stereocenters. The summed E-state index contributed by atoms with van der Waals surface area (Å²) in [4.78, 5) is 11.8. The summed E-state index contributed by atoms with van der Waals surface area (Å²) in [6.45, 7) is 0. The molecule has 0 heterocycles. The summed E-state index contributed by atoms with van der Waals surface area (Å²) < 4.78 is 4.87. The molecule has 0 aliphatic carbocycles. The monoisotopic (exact) mass is 290 g/mol. The van der Waals surface area contributed by atoms with Crippen LogP contribution in [0.15, 0.2) is 72.8 Å². The molecule has 3 rings (SSSR count). The maximum absolute atomic E-state index is 11.8. The second kappa shape index (κ2) is 6.44. The number of benzene rings is 3. The summed E-state index contributed by atoms with van der Waals surface area (Å²) in [6, 6.07) is 24.7. The Labute approximate surface area is 130 Å². The van der Waals surface area contributed by atoms with E-state index in [1.165, 1.54) is 17.9 Å². The Hall–Kier alpha value is -2.61. The zero-order chi connectivity index (χ0) is 15.4. The molecule has 3 aromatic rings. The van der Waals surface area contributed by atoms with Crippen LogP contribution in [0.5, 0.6) is 0 Å². The number of esters is 1. The Bertz CT molecular complexity index is 778. The van der Waals surface area contributed by atoms with E-state index < -0.39 is 0 Å². The predicted molar refractivity (Wildman–Crippen MR) is 88.9 cm³/mol. The minimum atomic E-state index is -0.193. The third-order valence-corrected chi connectivity index (χ3v) is 3.98. The number of carbonyl (C=O) groups is 1. The molecule has 0 aromatic heterocycles. The lowest BCUT2D eigenvalue weighted by atomic mass is 9.87. The highest BCUT2D eigenvalue weighted by atomic mass is 16.5. The number of carbonyl (C=O) groups excluding carboxylic acids is 1. The molecule has 0 aliphatic rings. The zero-order valence-corrected chi connectivity index (χ0v) is 12.5. The van der Waals surface area contributed by atoms with Gasteiger partial charge in [0.2, 0.25) is 0 Å². The van der Waals surface area contributed by atoms with Gasteiger partial charge in [0.1, 0.15) is 0 Å². The van der Waals surface area contributed by atoms with Crippen molar-refractivity contribution >= 4 is 16.7 Å².